The van der Waals surface area contributed by atoms with Gasteiger partial charge < -0.3 is 5.32 Å². The maximum absolute atomic E-state index is 12.0. The van der Waals surface area contributed by atoms with E-state index >= 15 is 0 Å². The summed E-state index contributed by atoms with van der Waals surface area (Å²) in [6.07, 6.45) is 0. The maximum Gasteiger partial charge on any atom is 0.253 e. The SMILES string of the molecule is NS(=O)(=O)c1ccc(CNC(=O)c2ccc(Br)cc2Cl)s1. The summed E-state index contributed by atoms with van der Waals surface area (Å²) in [5.74, 6) is -0.335. The molecule has 5 nitrogen and oxygen atoms in total. The molecule has 0 atom stereocenters. The van der Waals surface area contributed by atoms with Crippen molar-refractivity contribution >= 4 is 54.8 Å². The lowest BCUT2D eigenvalue weighted by atomic mass is 10.2. The molecule has 1 aromatic carbocycles. The number of hydrogen-bond donors (Lipinski definition) is 2. The van der Waals surface area contributed by atoms with Crippen molar-refractivity contribution in [3.8, 4) is 0 Å². The summed E-state index contributed by atoms with van der Waals surface area (Å²) in [4.78, 5) is 12.7. The summed E-state index contributed by atoms with van der Waals surface area (Å²) in [7, 11) is -3.70. The van der Waals surface area contributed by atoms with Crippen LogP contribution < -0.4 is 10.5 Å². The summed E-state index contributed by atoms with van der Waals surface area (Å²) >= 11 is 10.3. The first-order valence-corrected chi connectivity index (χ1v) is 9.15. The topological polar surface area (TPSA) is 89.3 Å². The number of benzene rings is 1. The van der Waals surface area contributed by atoms with Gasteiger partial charge in [-0.25, -0.2) is 13.6 Å². The number of nitrogens with two attached hydrogens (primary N) is 1. The van der Waals surface area contributed by atoms with Gasteiger partial charge in [-0.1, -0.05) is 27.5 Å². The van der Waals surface area contributed by atoms with Crippen LogP contribution >= 0.6 is 38.9 Å². The standard InChI is InChI=1S/C12H10BrClN2O3S2/c13-7-1-3-9(10(14)5-7)12(17)16-6-8-2-4-11(20-8)21(15,18)19/h1-5H,6H2,(H,16,17)(H2,15,18,19). The van der Waals surface area contributed by atoms with Gasteiger partial charge in [0.2, 0.25) is 10.0 Å². The average molecular weight is 410 g/mol. The minimum absolute atomic E-state index is 0.0634. The third-order valence-corrected chi connectivity index (χ3v) is 5.85. The van der Waals surface area contributed by atoms with Crippen molar-refractivity contribution in [2.75, 3.05) is 0 Å². The van der Waals surface area contributed by atoms with Crippen LogP contribution in [0.25, 0.3) is 0 Å². The first-order valence-electron chi connectivity index (χ1n) is 5.62. The fraction of sp³-hybridized carbons (Fsp3) is 0.0833. The Kier molecular flexibility index (Phi) is 5.05. The van der Waals surface area contributed by atoms with Gasteiger partial charge in [0, 0.05) is 9.35 Å². The van der Waals surface area contributed by atoms with Crippen molar-refractivity contribution in [2.24, 2.45) is 5.14 Å². The Morgan fingerprint density at radius 2 is 2.05 bits per heavy atom. The molecular formula is C12H10BrClN2O3S2. The molecule has 0 aliphatic rings. The Bertz CT molecular complexity index is 790. The van der Waals surface area contributed by atoms with E-state index in [2.05, 4.69) is 21.2 Å². The van der Waals surface area contributed by atoms with Gasteiger partial charge in [0.05, 0.1) is 17.1 Å². The molecule has 1 heterocycles. The monoisotopic (exact) mass is 408 g/mol. The molecule has 112 valence electrons. The minimum atomic E-state index is -3.70. The lowest BCUT2D eigenvalue weighted by molar-refractivity contribution is 0.0951. The van der Waals surface area contributed by atoms with Crippen LogP contribution in [0.4, 0.5) is 0 Å². The normalized spacial score (nSPS) is 11.4. The number of nitrogens with one attached hydrogen (secondary N) is 1. The van der Waals surface area contributed by atoms with E-state index in [4.69, 9.17) is 16.7 Å². The number of halogens is 2. The van der Waals surface area contributed by atoms with Gasteiger partial charge in [-0.3, -0.25) is 4.79 Å². The van der Waals surface area contributed by atoms with Crippen molar-refractivity contribution in [3.05, 3.63) is 50.3 Å². The first kappa shape index (κ1) is 16.4. The van der Waals surface area contributed by atoms with Crippen LogP contribution in [0.2, 0.25) is 5.02 Å². The Morgan fingerprint density at radius 3 is 2.62 bits per heavy atom. The highest BCUT2D eigenvalue weighted by atomic mass is 79.9. The van der Waals surface area contributed by atoms with E-state index in [9.17, 15) is 13.2 Å². The lowest BCUT2D eigenvalue weighted by Crippen LogP contribution is -2.22. The zero-order valence-electron chi connectivity index (χ0n) is 10.5. The van der Waals surface area contributed by atoms with E-state index in [0.717, 1.165) is 15.8 Å². The van der Waals surface area contributed by atoms with Crippen molar-refractivity contribution < 1.29 is 13.2 Å². The predicted molar refractivity (Wildman–Crippen MR) is 86.0 cm³/mol. The highest BCUT2D eigenvalue weighted by molar-refractivity contribution is 9.10. The smallest absolute Gasteiger partial charge is 0.253 e. The largest absolute Gasteiger partial charge is 0.347 e. The van der Waals surface area contributed by atoms with Gasteiger partial charge >= 0.3 is 0 Å². The van der Waals surface area contributed by atoms with Crippen LogP contribution in [0, 0.1) is 0 Å². The van der Waals surface area contributed by atoms with Gasteiger partial charge in [-0.2, -0.15) is 0 Å². The molecule has 0 bridgehead atoms. The fourth-order valence-corrected chi connectivity index (χ4v) is 4.02. The molecular weight excluding hydrogens is 400 g/mol. The maximum atomic E-state index is 12.0. The summed E-state index contributed by atoms with van der Waals surface area (Å²) in [6, 6.07) is 7.96. The second kappa shape index (κ2) is 6.45. The molecule has 0 saturated heterocycles. The highest BCUT2D eigenvalue weighted by Crippen LogP contribution is 2.22. The van der Waals surface area contributed by atoms with Crippen LogP contribution in [-0.2, 0) is 16.6 Å². The number of sulfonamides is 1. The van der Waals surface area contributed by atoms with Gasteiger partial charge in [0.25, 0.3) is 5.91 Å². The van der Waals surface area contributed by atoms with Gasteiger partial charge in [0.1, 0.15) is 4.21 Å². The number of rotatable bonds is 4. The third-order valence-electron chi connectivity index (χ3n) is 2.52. The molecule has 21 heavy (non-hydrogen) atoms. The minimum Gasteiger partial charge on any atom is -0.347 e. The summed E-state index contributed by atoms with van der Waals surface area (Å²) < 4.78 is 23.2. The summed E-state index contributed by atoms with van der Waals surface area (Å²) in [6.45, 7) is 0.200. The average Bonchev–Trinajstić information content (AvgIpc) is 2.84. The van der Waals surface area contributed by atoms with Crippen LogP contribution in [0.15, 0.2) is 39.0 Å². The fourth-order valence-electron chi connectivity index (χ4n) is 1.54. The van der Waals surface area contributed by atoms with E-state index < -0.39 is 10.0 Å². The van der Waals surface area contributed by atoms with Crippen LogP contribution in [0.1, 0.15) is 15.2 Å². The number of carbonyl (C=O) groups excluding carboxylic acids is 1. The quantitative estimate of drug-likeness (QED) is 0.813. The summed E-state index contributed by atoms with van der Waals surface area (Å²) in [5, 5.41) is 8.03. The van der Waals surface area contributed by atoms with Gasteiger partial charge in [-0.15, -0.1) is 11.3 Å². The lowest BCUT2D eigenvalue weighted by Gasteiger charge is -2.06. The number of carbonyl (C=O) groups is 1. The second-order valence-corrected chi connectivity index (χ2v) is 8.35. The molecule has 0 saturated carbocycles. The molecule has 0 aliphatic carbocycles. The summed E-state index contributed by atoms with van der Waals surface area (Å²) in [5.41, 5.74) is 0.350. The second-order valence-electron chi connectivity index (χ2n) is 4.07. The van der Waals surface area contributed by atoms with Crippen molar-refractivity contribution in [3.63, 3.8) is 0 Å². The molecule has 2 rings (SSSR count). The van der Waals surface area contributed by atoms with E-state index in [1.54, 1.807) is 24.3 Å². The van der Waals surface area contributed by atoms with Gasteiger partial charge in [-0.05, 0) is 30.3 Å². The Hall–Kier alpha value is -0.930. The zero-order chi connectivity index (χ0) is 15.6. The molecule has 1 amide bonds. The molecule has 0 radical (unpaired) electrons. The van der Waals surface area contributed by atoms with Gasteiger partial charge in [0.15, 0.2) is 0 Å². The molecule has 0 aliphatic heterocycles. The molecule has 9 heteroatoms. The van der Waals surface area contributed by atoms with E-state index in [0.29, 0.717) is 15.5 Å². The third kappa shape index (κ3) is 4.27. The molecule has 0 fully saturated rings. The van der Waals surface area contributed by atoms with Crippen LogP contribution in [0.5, 0.6) is 0 Å². The Labute approximate surface area is 139 Å². The van der Waals surface area contributed by atoms with Crippen molar-refractivity contribution in [1.82, 2.24) is 5.32 Å². The van der Waals surface area contributed by atoms with Crippen molar-refractivity contribution in [2.45, 2.75) is 10.8 Å². The number of amides is 1. The van der Waals surface area contributed by atoms with Crippen LogP contribution in [0.3, 0.4) is 0 Å². The number of hydrogen-bond acceptors (Lipinski definition) is 4. The predicted octanol–water partition coefficient (Wildman–Crippen LogP) is 2.74. The number of primary sulfonamides is 1. The van der Waals surface area contributed by atoms with Crippen molar-refractivity contribution in [1.29, 1.82) is 0 Å². The number of thiophene rings is 1. The zero-order valence-corrected chi connectivity index (χ0v) is 14.4. The Balaban J connectivity index is 2.06. The molecule has 3 N–H and O–H groups in total. The first-order chi connectivity index (χ1) is 9.77. The highest BCUT2D eigenvalue weighted by Gasteiger charge is 2.13. The van der Waals surface area contributed by atoms with E-state index in [-0.39, 0.29) is 16.7 Å². The molecule has 0 unspecified atom stereocenters. The molecule has 0 spiro atoms. The van der Waals surface area contributed by atoms with E-state index in [1.165, 1.54) is 6.07 Å². The Morgan fingerprint density at radius 1 is 1.33 bits per heavy atom. The van der Waals surface area contributed by atoms with E-state index in [1.807, 2.05) is 0 Å². The van der Waals surface area contributed by atoms with Crippen LogP contribution in [-0.4, -0.2) is 14.3 Å². The molecule has 2 aromatic rings. The molecule has 1 aromatic heterocycles.